The van der Waals surface area contributed by atoms with Gasteiger partial charge in [-0.15, -0.1) is 0 Å². The van der Waals surface area contributed by atoms with Gasteiger partial charge in [0.2, 0.25) is 5.91 Å². The highest BCUT2D eigenvalue weighted by molar-refractivity contribution is 5.93. The van der Waals surface area contributed by atoms with E-state index in [0.717, 1.165) is 35.7 Å². The molecule has 140 valence electrons. The summed E-state index contributed by atoms with van der Waals surface area (Å²) < 4.78 is 5.14. The summed E-state index contributed by atoms with van der Waals surface area (Å²) in [6, 6.07) is 14.0. The third-order valence-electron chi connectivity index (χ3n) is 4.39. The van der Waals surface area contributed by atoms with Crippen LogP contribution in [-0.2, 0) is 11.3 Å². The number of amides is 1. The van der Waals surface area contributed by atoms with Crippen LogP contribution in [0.25, 0.3) is 0 Å². The first kappa shape index (κ1) is 19.8. The zero-order valence-corrected chi connectivity index (χ0v) is 16.1. The SMILES string of the molecule is CCN(CC)c1ccc(NC(=O)CNCc2ccc(OC)cc2)c(C)c1. The molecule has 2 aromatic rings. The van der Waals surface area contributed by atoms with Crippen LogP contribution in [0.3, 0.4) is 0 Å². The Hall–Kier alpha value is -2.53. The van der Waals surface area contributed by atoms with Gasteiger partial charge < -0.3 is 20.3 Å². The molecule has 2 aromatic carbocycles. The minimum atomic E-state index is -0.0443. The van der Waals surface area contributed by atoms with Crippen LogP contribution in [0.1, 0.15) is 25.0 Å². The van der Waals surface area contributed by atoms with E-state index in [-0.39, 0.29) is 12.5 Å². The summed E-state index contributed by atoms with van der Waals surface area (Å²) in [6.07, 6.45) is 0. The van der Waals surface area contributed by atoms with Crippen molar-refractivity contribution in [2.45, 2.75) is 27.3 Å². The molecule has 0 aromatic heterocycles. The first-order valence-electron chi connectivity index (χ1n) is 9.06. The maximum atomic E-state index is 12.2. The van der Waals surface area contributed by atoms with Crippen LogP contribution in [0.4, 0.5) is 11.4 Å². The van der Waals surface area contributed by atoms with Gasteiger partial charge in [0.05, 0.1) is 13.7 Å². The predicted molar refractivity (Wildman–Crippen MR) is 108 cm³/mol. The number of nitrogens with one attached hydrogen (secondary N) is 2. The topological polar surface area (TPSA) is 53.6 Å². The molecule has 0 spiro atoms. The lowest BCUT2D eigenvalue weighted by Crippen LogP contribution is -2.28. The van der Waals surface area contributed by atoms with Crippen molar-refractivity contribution in [1.82, 2.24) is 5.32 Å². The van der Waals surface area contributed by atoms with Gasteiger partial charge in [0.15, 0.2) is 0 Å². The Morgan fingerprint density at radius 1 is 1.08 bits per heavy atom. The van der Waals surface area contributed by atoms with Gasteiger partial charge in [-0.05, 0) is 62.2 Å². The second-order valence-corrected chi connectivity index (χ2v) is 6.17. The van der Waals surface area contributed by atoms with Crippen LogP contribution in [0, 0.1) is 6.92 Å². The maximum absolute atomic E-state index is 12.2. The average Bonchev–Trinajstić information content (AvgIpc) is 2.65. The van der Waals surface area contributed by atoms with Crippen LogP contribution in [0.2, 0.25) is 0 Å². The van der Waals surface area contributed by atoms with Crippen LogP contribution >= 0.6 is 0 Å². The molecule has 26 heavy (non-hydrogen) atoms. The largest absolute Gasteiger partial charge is 0.497 e. The molecule has 0 heterocycles. The summed E-state index contributed by atoms with van der Waals surface area (Å²) >= 11 is 0. The minimum absolute atomic E-state index is 0.0443. The molecule has 5 heteroatoms. The van der Waals surface area contributed by atoms with Crippen molar-refractivity contribution >= 4 is 17.3 Å². The Balaban J connectivity index is 1.85. The molecule has 1 amide bonds. The van der Waals surface area contributed by atoms with E-state index in [4.69, 9.17) is 4.74 Å². The van der Waals surface area contributed by atoms with E-state index < -0.39 is 0 Å². The van der Waals surface area contributed by atoms with Gasteiger partial charge in [-0.1, -0.05) is 12.1 Å². The third kappa shape index (κ3) is 5.49. The predicted octanol–water partition coefficient (Wildman–Crippen LogP) is 3.58. The maximum Gasteiger partial charge on any atom is 0.238 e. The van der Waals surface area contributed by atoms with Crippen molar-refractivity contribution < 1.29 is 9.53 Å². The normalized spacial score (nSPS) is 10.5. The summed E-state index contributed by atoms with van der Waals surface area (Å²) in [6.45, 7) is 9.15. The van der Waals surface area contributed by atoms with Gasteiger partial charge in [0.25, 0.3) is 0 Å². The average molecular weight is 355 g/mol. The second kappa shape index (κ2) is 9.82. The molecule has 0 radical (unpaired) electrons. The number of nitrogens with zero attached hydrogens (tertiary/aromatic N) is 1. The lowest BCUT2D eigenvalue weighted by Gasteiger charge is -2.22. The minimum Gasteiger partial charge on any atom is -0.497 e. The van der Waals surface area contributed by atoms with E-state index in [2.05, 4.69) is 41.5 Å². The molecule has 0 atom stereocenters. The zero-order chi connectivity index (χ0) is 18.9. The molecule has 0 fully saturated rings. The summed E-state index contributed by atoms with van der Waals surface area (Å²) in [5, 5.41) is 6.14. The molecular formula is C21H29N3O2. The second-order valence-electron chi connectivity index (χ2n) is 6.17. The summed E-state index contributed by atoms with van der Waals surface area (Å²) in [7, 11) is 1.65. The standard InChI is InChI=1S/C21H29N3O2/c1-5-24(6-2)18-9-12-20(16(3)13-18)23-21(25)15-22-14-17-7-10-19(26-4)11-8-17/h7-13,22H,5-6,14-15H2,1-4H3,(H,23,25). The lowest BCUT2D eigenvalue weighted by atomic mass is 10.1. The van der Waals surface area contributed by atoms with Gasteiger partial charge >= 0.3 is 0 Å². The number of benzene rings is 2. The number of carbonyl (C=O) groups excluding carboxylic acids is 1. The highest BCUT2D eigenvalue weighted by atomic mass is 16.5. The molecule has 0 saturated carbocycles. The van der Waals surface area contributed by atoms with Crippen LogP contribution in [-0.4, -0.2) is 32.7 Å². The molecule has 0 saturated heterocycles. The molecule has 5 nitrogen and oxygen atoms in total. The molecule has 2 rings (SSSR count). The van der Waals surface area contributed by atoms with Crippen molar-refractivity contribution in [2.24, 2.45) is 0 Å². The molecule has 0 aliphatic rings. The molecule has 0 bridgehead atoms. The number of hydrogen-bond acceptors (Lipinski definition) is 4. The molecule has 0 unspecified atom stereocenters. The van der Waals surface area contributed by atoms with E-state index in [9.17, 15) is 4.79 Å². The summed E-state index contributed by atoms with van der Waals surface area (Å²) in [5.41, 5.74) is 4.22. The monoisotopic (exact) mass is 355 g/mol. The number of aryl methyl sites for hydroxylation is 1. The van der Waals surface area contributed by atoms with Crippen molar-refractivity contribution in [1.29, 1.82) is 0 Å². The first-order valence-corrected chi connectivity index (χ1v) is 9.06. The van der Waals surface area contributed by atoms with Gasteiger partial charge in [-0.2, -0.15) is 0 Å². The zero-order valence-electron chi connectivity index (χ0n) is 16.1. The van der Waals surface area contributed by atoms with E-state index in [1.807, 2.05) is 37.3 Å². The Labute approximate surface area is 156 Å². The van der Waals surface area contributed by atoms with Crippen molar-refractivity contribution in [2.75, 3.05) is 37.0 Å². The van der Waals surface area contributed by atoms with E-state index in [0.29, 0.717) is 6.54 Å². The first-order chi connectivity index (χ1) is 12.6. The van der Waals surface area contributed by atoms with Gasteiger partial charge in [0, 0.05) is 31.0 Å². The lowest BCUT2D eigenvalue weighted by molar-refractivity contribution is -0.115. The number of methoxy groups -OCH3 is 1. The summed E-state index contributed by atoms with van der Waals surface area (Å²) in [4.78, 5) is 14.5. The van der Waals surface area contributed by atoms with Crippen molar-refractivity contribution in [3.63, 3.8) is 0 Å². The molecule has 0 aliphatic carbocycles. The number of carbonyl (C=O) groups is 1. The number of hydrogen-bond donors (Lipinski definition) is 2. The Bertz CT molecular complexity index is 710. The van der Waals surface area contributed by atoms with Gasteiger partial charge in [-0.3, -0.25) is 4.79 Å². The van der Waals surface area contributed by atoms with Gasteiger partial charge in [-0.25, -0.2) is 0 Å². The van der Waals surface area contributed by atoms with E-state index in [1.165, 1.54) is 5.69 Å². The van der Waals surface area contributed by atoms with Crippen LogP contribution in [0.5, 0.6) is 5.75 Å². The van der Waals surface area contributed by atoms with Gasteiger partial charge in [0.1, 0.15) is 5.75 Å². The van der Waals surface area contributed by atoms with Crippen LogP contribution < -0.4 is 20.3 Å². The van der Waals surface area contributed by atoms with E-state index >= 15 is 0 Å². The summed E-state index contributed by atoms with van der Waals surface area (Å²) in [5.74, 6) is 0.785. The Morgan fingerprint density at radius 3 is 2.35 bits per heavy atom. The number of anilines is 2. The Kier molecular flexibility index (Phi) is 7.48. The Morgan fingerprint density at radius 2 is 1.77 bits per heavy atom. The third-order valence-corrected chi connectivity index (χ3v) is 4.39. The molecular weight excluding hydrogens is 326 g/mol. The van der Waals surface area contributed by atoms with Crippen molar-refractivity contribution in [3.05, 3.63) is 53.6 Å². The smallest absolute Gasteiger partial charge is 0.238 e. The highest BCUT2D eigenvalue weighted by Crippen LogP contribution is 2.22. The fourth-order valence-electron chi connectivity index (χ4n) is 2.83. The fourth-order valence-corrected chi connectivity index (χ4v) is 2.83. The van der Waals surface area contributed by atoms with E-state index in [1.54, 1.807) is 7.11 Å². The number of ether oxygens (including phenoxy) is 1. The quantitative estimate of drug-likeness (QED) is 0.722. The molecule has 0 aliphatic heterocycles. The van der Waals surface area contributed by atoms with Crippen LogP contribution in [0.15, 0.2) is 42.5 Å². The number of rotatable bonds is 9. The fraction of sp³-hybridized carbons (Fsp3) is 0.381. The highest BCUT2D eigenvalue weighted by Gasteiger charge is 2.08. The molecule has 2 N–H and O–H groups in total. The van der Waals surface area contributed by atoms with Crippen molar-refractivity contribution in [3.8, 4) is 5.75 Å².